The average molecular weight is 402 g/mol. The lowest BCUT2D eigenvalue weighted by Gasteiger charge is -2.24. The van der Waals surface area contributed by atoms with Crippen LogP contribution in [0.5, 0.6) is 11.5 Å². The van der Waals surface area contributed by atoms with Crippen molar-refractivity contribution in [1.29, 1.82) is 0 Å². The minimum absolute atomic E-state index is 0. The average Bonchev–Trinajstić information content (AvgIpc) is 2.58. The number of hydrogen-bond donors (Lipinski definition) is 2. The lowest BCUT2D eigenvalue weighted by atomic mass is 10.1. The van der Waals surface area contributed by atoms with Crippen LogP contribution < -0.4 is 15.4 Å². The second-order valence-corrected chi connectivity index (χ2v) is 6.48. The fourth-order valence-corrected chi connectivity index (χ4v) is 3.11. The molecule has 0 aromatic heterocycles. The van der Waals surface area contributed by atoms with Crippen LogP contribution in [0.15, 0.2) is 42.5 Å². The van der Waals surface area contributed by atoms with E-state index in [2.05, 4.69) is 10.6 Å². The maximum absolute atomic E-state index is 12.7. The Kier molecular flexibility index (Phi) is 7.38. The van der Waals surface area contributed by atoms with Gasteiger partial charge in [0.05, 0.1) is 10.0 Å². The molecule has 25 heavy (non-hydrogen) atoms. The second kappa shape index (κ2) is 9.30. The number of rotatable bonds is 4. The minimum Gasteiger partial charge on any atom is -0.455 e. The lowest BCUT2D eigenvalue weighted by molar-refractivity contribution is 0.0928. The third-order valence-corrected chi connectivity index (χ3v) is 4.52. The van der Waals surface area contributed by atoms with Crippen LogP contribution in [0.1, 0.15) is 23.2 Å². The largest absolute Gasteiger partial charge is 0.455 e. The van der Waals surface area contributed by atoms with Crippen molar-refractivity contribution in [2.24, 2.45) is 0 Å². The zero-order chi connectivity index (χ0) is 16.9. The predicted octanol–water partition coefficient (Wildman–Crippen LogP) is 4.69. The van der Waals surface area contributed by atoms with Crippen LogP contribution in [-0.2, 0) is 0 Å². The van der Waals surface area contributed by atoms with E-state index in [9.17, 15) is 4.79 Å². The summed E-state index contributed by atoms with van der Waals surface area (Å²) in [5.41, 5.74) is 0.324. The number of ether oxygens (including phenoxy) is 1. The van der Waals surface area contributed by atoms with E-state index in [1.807, 2.05) is 12.1 Å². The molecular formula is C18H19Cl3N2O2. The van der Waals surface area contributed by atoms with Crippen LogP contribution >= 0.6 is 35.6 Å². The van der Waals surface area contributed by atoms with Crippen molar-refractivity contribution in [2.75, 3.05) is 13.1 Å². The smallest absolute Gasteiger partial charge is 0.256 e. The Morgan fingerprint density at radius 3 is 2.52 bits per heavy atom. The highest BCUT2D eigenvalue weighted by molar-refractivity contribution is 6.34. The van der Waals surface area contributed by atoms with Gasteiger partial charge >= 0.3 is 0 Å². The van der Waals surface area contributed by atoms with E-state index in [0.717, 1.165) is 25.9 Å². The highest BCUT2D eigenvalue weighted by atomic mass is 35.5. The molecule has 1 fully saturated rings. The second-order valence-electron chi connectivity index (χ2n) is 5.66. The van der Waals surface area contributed by atoms with Gasteiger partial charge in [0.15, 0.2) is 0 Å². The Balaban J connectivity index is 0.00000225. The Bertz CT molecular complexity index is 734. The Morgan fingerprint density at radius 2 is 1.80 bits per heavy atom. The molecule has 1 atom stereocenters. The van der Waals surface area contributed by atoms with Crippen molar-refractivity contribution in [1.82, 2.24) is 10.6 Å². The SMILES string of the molecule is Cl.O=C(NC1CCCNC1)c1c(Cl)cccc1Oc1ccccc1Cl. The van der Waals surface area contributed by atoms with E-state index in [-0.39, 0.29) is 24.4 Å². The van der Waals surface area contributed by atoms with Crippen molar-refractivity contribution < 1.29 is 9.53 Å². The summed E-state index contributed by atoms with van der Waals surface area (Å²) in [6.45, 7) is 1.75. The first-order chi connectivity index (χ1) is 11.6. The fraction of sp³-hybridized carbons (Fsp3) is 0.278. The number of amides is 1. The van der Waals surface area contributed by atoms with E-state index >= 15 is 0 Å². The molecular weight excluding hydrogens is 383 g/mol. The molecule has 2 aromatic rings. The number of nitrogens with one attached hydrogen (secondary N) is 2. The molecule has 0 bridgehead atoms. The van der Waals surface area contributed by atoms with Crippen molar-refractivity contribution in [3.63, 3.8) is 0 Å². The number of halogens is 3. The molecule has 2 N–H and O–H groups in total. The molecule has 0 radical (unpaired) electrons. The van der Waals surface area contributed by atoms with Gasteiger partial charge in [0.1, 0.15) is 17.1 Å². The lowest BCUT2D eigenvalue weighted by Crippen LogP contribution is -2.45. The third kappa shape index (κ3) is 5.02. The molecule has 1 aliphatic heterocycles. The molecule has 1 amide bonds. The molecule has 0 saturated carbocycles. The molecule has 7 heteroatoms. The van der Waals surface area contributed by atoms with Crippen molar-refractivity contribution in [3.8, 4) is 11.5 Å². The van der Waals surface area contributed by atoms with Crippen LogP contribution in [0.4, 0.5) is 0 Å². The third-order valence-electron chi connectivity index (χ3n) is 3.89. The number of piperidine rings is 1. The summed E-state index contributed by atoms with van der Waals surface area (Å²) < 4.78 is 5.84. The number of carbonyl (C=O) groups is 1. The Hall–Kier alpha value is -1.46. The molecule has 0 aliphatic carbocycles. The molecule has 1 saturated heterocycles. The summed E-state index contributed by atoms with van der Waals surface area (Å²) in [7, 11) is 0. The van der Waals surface area contributed by atoms with E-state index in [4.69, 9.17) is 27.9 Å². The standard InChI is InChI=1S/C18H18Cl2N2O2.ClH/c19-13-6-1-2-8-15(13)24-16-9-3-7-14(20)17(16)18(23)22-12-5-4-10-21-11-12;/h1-3,6-9,12,21H,4-5,10-11H2,(H,22,23);1H. The van der Waals surface area contributed by atoms with Crippen molar-refractivity contribution in [2.45, 2.75) is 18.9 Å². The van der Waals surface area contributed by atoms with Gasteiger partial charge in [-0.3, -0.25) is 4.79 Å². The zero-order valence-electron chi connectivity index (χ0n) is 13.4. The van der Waals surface area contributed by atoms with Crippen LogP contribution in [0.25, 0.3) is 0 Å². The first-order valence-corrected chi connectivity index (χ1v) is 8.63. The van der Waals surface area contributed by atoms with E-state index in [1.54, 1.807) is 30.3 Å². The summed E-state index contributed by atoms with van der Waals surface area (Å²) in [6, 6.07) is 12.3. The van der Waals surface area contributed by atoms with Gasteiger partial charge in [-0.2, -0.15) is 0 Å². The summed E-state index contributed by atoms with van der Waals surface area (Å²) in [6.07, 6.45) is 1.99. The van der Waals surface area contributed by atoms with Crippen LogP contribution in [0, 0.1) is 0 Å². The van der Waals surface area contributed by atoms with Gasteiger partial charge in [0, 0.05) is 12.6 Å². The van der Waals surface area contributed by atoms with Crippen LogP contribution in [0.2, 0.25) is 10.0 Å². The fourth-order valence-electron chi connectivity index (χ4n) is 2.69. The molecule has 2 aromatic carbocycles. The van der Waals surface area contributed by atoms with E-state index < -0.39 is 0 Å². The van der Waals surface area contributed by atoms with Gasteiger partial charge in [-0.05, 0) is 43.7 Å². The zero-order valence-corrected chi connectivity index (χ0v) is 15.8. The molecule has 1 aliphatic rings. The number of carbonyl (C=O) groups excluding carboxylic acids is 1. The number of benzene rings is 2. The summed E-state index contributed by atoms with van der Waals surface area (Å²) in [5, 5.41) is 7.11. The summed E-state index contributed by atoms with van der Waals surface area (Å²) in [4.78, 5) is 12.7. The topological polar surface area (TPSA) is 50.4 Å². The number of para-hydroxylation sites is 1. The quantitative estimate of drug-likeness (QED) is 0.781. The van der Waals surface area contributed by atoms with Crippen molar-refractivity contribution in [3.05, 3.63) is 58.1 Å². The Morgan fingerprint density at radius 1 is 1.08 bits per heavy atom. The highest BCUT2D eigenvalue weighted by Gasteiger charge is 2.22. The monoisotopic (exact) mass is 400 g/mol. The predicted molar refractivity (Wildman–Crippen MR) is 104 cm³/mol. The van der Waals surface area contributed by atoms with Gasteiger partial charge in [0.2, 0.25) is 0 Å². The molecule has 3 rings (SSSR count). The summed E-state index contributed by atoms with van der Waals surface area (Å²) >= 11 is 12.4. The number of hydrogen-bond acceptors (Lipinski definition) is 3. The molecule has 0 spiro atoms. The summed E-state index contributed by atoms with van der Waals surface area (Å²) in [5.74, 6) is 0.628. The van der Waals surface area contributed by atoms with Gasteiger partial charge in [0.25, 0.3) is 5.91 Å². The molecule has 1 unspecified atom stereocenters. The first kappa shape index (κ1) is 19.9. The minimum atomic E-state index is -0.239. The van der Waals surface area contributed by atoms with Crippen LogP contribution in [-0.4, -0.2) is 25.0 Å². The highest BCUT2D eigenvalue weighted by Crippen LogP contribution is 2.33. The molecule has 134 valence electrons. The first-order valence-electron chi connectivity index (χ1n) is 7.87. The maximum Gasteiger partial charge on any atom is 0.256 e. The van der Waals surface area contributed by atoms with Crippen LogP contribution in [0.3, 0.4) is 0 Å². The van der Waals surface area contributed by atoms with Crippen molar-refractivity contribution >= 4 is 41.5 Å². The van der Waals surface area contributed by atoms with Gasteiger partial charge in [-0.25, -0.2) is 0 Å². The van der Waals surface area contributed by atoms with Gasteiger partial charge in [-0.1, -0.05) is 41.4 Å². The maximum atomic E-state index is 12.7. The molecule has 4 nitrogen and oxygen atoms in total. The van der Waals surface area contributed by atoms with E-state index in [0.29, 0.717) is 27.1 Å². The van der Waals surface area contributed by atoms with Gasteiger partial charge in [-0.15, -0.1) is 12.4 Å². The molecule has 1 heterocycles. The Labute approximate surface area is 163 Å². The van der Waals surface area contributed by atoms with E-state index in [1.165, 1.54) is 0 Å². The normalized spacial score (nSPS) is 16.6. The van der Waals surface area contributed by atoms with Gasteiger partial charge < -0.3 is 15.4 Å².